The molecule has 0 spiro atoms. The Hall–Kier alpha value is -0.960. The van der Waals surface area contributed by atoms with Crippen LogP contribution in [0, 0.1) is 6.92 Å². The van der Waals surface area contributed by atoms with Gasteiger partial charge in [0, 0.05) is 5.56 Å². The molecule has 17 heavy (non-hydrogen) atoms. The van der Waals surface area contributed by atoms with E-state index in [-0.39, 0.29) is 11.7 Å². The molecule has 2 rings (SSSR count). The van der Waals surface area contributed by atoms with Crippen molar-refractivity contribution >= 4 is 0 Å². The first kappa shape index (κ1) is 12.5. The van der Waals surface area contributed by atoms with E-state index in [4.69, 9.17) is 4.74 Å². The Morgan fingerprint density at radius 2 is 1.76 bits per heavy atom. The molecule has 1 aromatic rings. The maximum absolute atomic E-state index is 13.8. The first-order chi connectivity index (χ1) is 8.08. The number of aryl methyl sites for hydroxylation is 1. The molecule has 1 fully saturated rings. The zero-order valence-electron chi connectivity index (χ0n) is 10.1. The number of hydrogen-bond donors (Lipinski definition) is 0. The van der Waals surface area contributed by atoms with Crippen molar-refractivity contribution < 1.29 is 13.5 Å². The molecule has 1 nitrogen and oxygen atoms in total. The number of hydrogen-bond acceptors (Lipinski definition) is 1. The van der Waals surface area contributed by atoms with E-state index in [1.54, 1.807) is 12.1 Å². The normalized spacial score (nSPS) is 17.6. The van der Waals surface area contributed by atoms with Gasteiger partial charge in [-0.1, -0.05) is 42.7 Å². The molecule has 1 saturated carbocycles. The van der Waals surface area contributed by atoms with Crippen LogP contribution in [-0.2, 0) is 10.7 Å². The SMILES string of the molecule is Cc1ccc(C(F)(F)COC2CCCC2)cc1. The topological polar surface area (TPSA) is 9.23 Å². The highest BCUT2D eigenvalue weighted by Gasteiger charge is 2.33. The molecular formula is C14H18F2O. The lowest BCUT2D eigenvalue weighted by atomic mass is 10.1. The average Bonchev–Trinajstić information content (AvgIpc) is 2.80. The van der Waals surface area contributed by atoms with Crippen LogP contribution in [0.1, 0.15) is 36.8 Å². The minimum absolute atomic E-state index is 0.0336. The minimum atomic E-state index is -2.88. The van der Waals surface area contributed by atoms with E-state index in [9.17, 15) is 8.78 Å². The zero-order chi connectivity index (χ0) is 12.3. The molecule has 3 heteroatoms. The summed E-state index contributed by atoms with van der Waals surface area (Å²) in [7, 11) is 0. The maximum atomic E-state index is 13.8. The lowest BCUT2D eigenvalue weighted by Gasteiger charge is -2.19. The Kier molecular flexibility index (Phi) is 3.77. The van der Waals surface area contributed by atoms with Crippen LogP contribution in [0.2, 0.25) is 0 Å². The van der Waals surface area contributed by atoms with Crippen LogP contribution in [0.3, 0.4) is 0 Å². The number of alkyl halides is 2. The van der Waals surface area contributed by atoms with Crippen molar-refractivity contribution in [3.8, 4) is 0 Å². The predicted molar refractivity (Wildman–Crippen MR) is 63.3 cm³/mol. The van der Waals surface area contributed by atoms with Crippen molar-refractivity contribution in [3.05, 3.63) is 35.4 Å². The molecule has 0 unspecified atom stereocenters. The Morgan fingerprint density at radius 1 is 1.18 bits per heavy atom. The molecule has 0 amide bonds. The second-order valence-electron chi connectivity index (χ2n) is 4.79. The zero-order valence-corrected chi connectivity index (χ0v) is 10.1. The molecule has 1 aliphatic carbocycles. The van der Waals surface area contributed by atoms with Gasteiger partial charge in [-0.15, -0.1) is 0 Å². The molecule has 1 aromatic carbocycles. The number of benzene rings is 1. The highest BCUT2D eigenvalue weighted by Crippen LogP contribution is 2.30. The summed E-state index contributed by atoms with van der Waals surface area (Å²) in [4.78, 5) is 0. The molecule has 0 heterocycles. The molecule has 0 atom stereocenters. The minimum Gasteiger partial charge on any atom is -0.372 e. The van der Waals surface area contributed by atoms with Crippen molar-refractivity contribution in [1.82, 2.24) is 0 Å². The Bertz CT molecular complexity index is 353. The van der Waals surface area contributed by atoms with Gasteiger partial charge in [0.05, 0.1) is 6.10 Å². The largest absolute Gasteiger partial charge is 0.372 e. The van der Waals surface area contributed by atoms with Crippen molar-refractivity contribution in [3.63, 3.8) is 0 Å². The van der Waals surface area contributed by atoms with E-state index in [1.165, 1.54) is 12.1 Å². The fourth-order valence-corrected chi connectivity index (χ4v) is 2.16. The van der Waals surface area contributed by atoms with E-state index in [2.05, 4.69) is 0 Å². The first-order valence-corrected chi connectivity index (χ1v) is 6.14. The van der Waals surface area contributed by atoms with Gasteiger partial charge in [0.1, 0.15) is 6.61 Å². The van der Waals surface area contributed by atoms with Gasteiger partial charge in [0.2, 0.25) is 0 Å². The Balaban J connectivity index is 1.94. The van der Waals surface area contributed by atoms with Crippen LogP contribution in [0.5, 0.6) is 0 Å². The van der Waals surface area contributed by atoms with E-state index in [1.807, 2.05) is 6.92 Å². The second-order valence-corrected chi connectivity index (χ2v) is 4.79. The van der Waals surface area contributed by atoms with Gasteiger partial charge < -0.3 is 4.74 Å². The quantitative estimate of drug-likeness (QED) is 0.771. The van der Waals surface area contributed by atoms with E-state index >= 15 is 0 Å². The van der Waals surface area contributed by atoms with E-state index in [0.717, 1.165) is 31.2 Å². The van der Waals surface area contributed by atoms with Crippen molar-refractivity contribution in [2.24, 2.45) is 0 Å². The number of ether oxygens (including phenoxy) is 1. The van der Waals surface area contributed by atoms with Gasteiger partial charge in [0.15, 0.2) is 0 Å². The standard InChI is InChI=1S/C14H18F2O/c1-11-6-8-12(9-7-11)14(15,16)10-17-13-4-2-3-5-13/h6-9,13H,2-5,10H2,1H3. The summed E-state index contributed by atoms with van der Waals surface area (Å²) in [6.45, 7) is 1.39. The van der Waals surface area contributed by atoms with Crippen LogP contribution < -0.4 is 0 Å². The number of rotatable bonds is 4. The second kappa shape index (κ2) is 5.13. The lowest BCUT2D eigenvalue weighted by Crippen LogP contribution is -2.24. The first-order valence-electron chi connectivity index (χ1n) is 6.14. The maximum Gasteiger partial charge on any atom is 0.296 e. The predicted octanol–water partition coefficient (Wildman–Crippen LogP) is 4.05. The highest BCUT2D eigenvalue weighted by atomic mass is 19.3. The van der Waals surface area contributed by atoms with Crippen LogP contribution >= 0.6 is 0 Å². The van der Waals surface area contributed by atoms with Crippen LogP contribution in [-0.4, -0.2) is 12.7 Å². The summed E-state index contributed by atoms with van der Waals surface area (Å²) in [5.74, 6) is -2.88. The highest BCUT2D eigenvalue weighted by molar-refractivity contribution is 5.24. The molecule has 94 valence electrons. The van der Waals surface area contributed by atoms with Gasteiger partial charge in [-0.2, -0.15) is 8.78 Å². The summed E-state index contributed by atoms with van der Waals surface area (Å²) in [6, 6.07) is 6.37. The molecule has 0 N–H and O–H groups in total. The van der Waals surface area contributed by atoms with Crippen LogP contribution in [0.15, 0.2) is 24.3 Å². The van der Waals surface area contributed by atoms with Crippen molar-refractivity contribution in [2.45, 2.75) is 44.6 Å². The summed E-state index contributed by atoms with van der Waals surface area (Å²) in [5.41, 5.74) is 1.03. The molecule has 0 radical (unpaired) electrons. The Labute approximate surface area is 101 Å². The smallest absolute Gasteiger partial charge is 0.296 e. The van der Waals surface area contributed by atoms with Crippen molar-refractivity contribution in [2.75, 3.05) is 6.61 Å². The van der Waals surface area contributed by atoms with Crippen LogP contribution in [0.4, 0.5) is 8.78 Å². The summed E-state index contributed by atoms with van der Waals surface area (Å²) in [5, 5.41) is 0. The van der Waals surface area contributed by atoms with Gasteiger partial charge in [-0.05, 0) is 19.8 Å². The van der Waals surface area contributed by atoms with E-state index in [0.29, 0.717) is 0 Å². The lowest BCUT2D eigenvalue weighted by molar-refractivity contribution is -0.103. The van der Waals surface area contributed by atoms with Gasteiger partial charge in [-0.3, -0.25) is 0 Å². The summed E-state index contributed by atoms with van der Waals surface area (Å²) >= 11 is 0. The van der Waals surface area contributed by atoms with Gasteiger partial charge in [-0.25, -0.2) is 0 Å². The van der Waals surface area contributed by atoms with Gasteiger partial charge in [0.25, 0.3) is 5.92 Å². The Morgan fingerprint density at radius 3 is 2.35 bits per heavy atom. The van der Waals surface area contributed by atoms with Gasteiger partial charge >= 0.3 is 0 Å². The number of halogens is 2. The fraction of sp³-hybridized carbons (Fsp3) is 0.571. The third-order valence-corrected chi connectivity index (χ3v) is 3.28. The molecular weight excluding hydrogens is 222 g/mol. The molecule has 0 aliphatic heterocycles. The summed E-state index contributed by atoms with van der Waals surface area (Å²) < 4.78 is 32.9. The molecule has 0 saturated heterocycles. The van der Waals surface area contributed by atoms with Crippen LogP contribution in [0.25, 0.3) is 0 Å². The molecule has 1 aliphatic rings. The van der Waals surface area contributed by atoms with E-state index < -0.39 is 12.5 Å². The average molecular weight is 240 g/mol. The third kappa shape index (κ3) is 3.25. The molecule has 0 aromatic heterocycles. The monoisotopic (exact) mass is 240 g/mol. The third-order valence-electron chi connectivity index (χ3n) is 3.28. The fourth-order valence-electron chi connectivity index (χ4n) is 2.16. The molecule has 0 bridgehead atoms. The van der Waals surface area contributed by atoms with Crippen molar-refractivity contribution in [1.29, 1.82) is 0 Å². The summed E-state index contributed by atoms with van der Waals surface area (Å²) in [6.07, 6.45) is 4.07.